The predicted molar refractivity (Wildman–Crippen MR) is 93.7 cm³/mol. The number of nitrogens with zero attached hydrogens (tertiary/aromatic N) is 2. The Morgan fingerprint density at radius 3 is 2.05 bits per heavy atom. The van der Waals surface area contributed by atoms with Gasteiger partial charge in [-0.05, 0) is 11.5 Å². The predicted octanol–water partition coefficient (Wildman–Crippen LogP) is 2.33. The van der Waals surface area contributed by atoms with Crippen LogP contribution in [0.4, 0.5) is 0 Å². The Morgan fingerprint density at radius 2 is 1.57 bits per heavy atom. The first-order valence-corrected chi connectivity index (χ1v) is 8.26. The van der Waals surface area contributed by atoms with Gasteiger partial charge in [0.1, 0.15) is 0 Å². The van der Waals surface area contributed by atoms with Gasteiger partial charge in [-0.25, -0.2) is 0 Å². The van der Waals surface area contributed by atoms with E-state index in [0.29, 0.717) is 4.99 Å². The molecule has 1 atom stereocenters. The molecular weight excluding hydrogens is 278 g/mol. The molecule has 0 aliphatic carbocycles. The van der Waals surface area contributed by atoms with Gasteiger partial charge in [0.25, 0.3) is 0 Å². The minimum atomic E-state index is 0.165. The van der Waals surface area contributed by atoms with Crippen LogP contribution in [0.25, 0.3) is 0 Å². The molecule has 21 heavy (non-hydrogen) atoms. The zero-order valence-corrected chi connectivity index (χ0v) is 14.0. The van der Waals surface area contributed by atoms with Crippen molar-refractivity contribution in [3.63, 3.8) is 0 Å². The molecule has 1 fully saturated rings. The second-order valence-electron chi connectivity index (χ2n) is 6.36. The number of nitrogens with two attached hydrogens (primary N) is 1. The Kier molecular flexibility index (Phi) is 6.15. The average molecular weight is 305 g/mol. The molecule has 1 heterocycles. The standard InChI is InChI=1S/C17H27N3S/c1-14(2)12-19-8-10-20(11-9-19)13-16(17(18)21)15-6-4-3-5-7-15/h3-7,14,16H,8-13H2,1-2H3,(H2,18,21). The normalized spacial score (nSPS) is 18.8. The van der Waals surface area contributed by atoms with Gasteiger partial charge in [0.15, 0.2) is 0 Å². The Morgan fingerprint density at radius 1 is 1.05 bits per heavy atom. The molecule has 1 aliphatic rings. The minimum Gasteiger partial charge on any atom is -0.393 e. The van der Waals surface area contributed by atoms with Gasteiger partial charge in [-0.1, -0.05) is 56.4 Å². The molecule has 1 aromatic rings. The highest BCUT2D eigenvalue weighted by Gasteiger charge is 2.22. The van der Waals surface area contributed by atoms with E-state index in [0.717, 1.165) is 38.6 Å². The molecular formula is C17H27N3S. The van der Waals surface area contributed by atoms with Crippen molar-refractivity contribution in [3.05, 3.63) is 35.9 Å². The van der Waals surface area contributed by atoms with Crippen molar-refractivity contribution in [3.8, 4) is 0 Å². The molecule has 2 rings (SSSR count). The highest BCUT2D eigenvalue weighted by molar-refractivity contribution is 7.80. The molecule has 3 nitrogen and oxygen atoms in total. The molecule has 116 valence electrons. The molecule has 0 aromatic heterocycles. The molecule has 1 aliphatic heterocycles. The summed E-state index contributed by atoms with van der Waals surface area (Å²) in [5.41, 5.74) is 7.20. The molecule has 0 spiro atoms. The monoisotopic (exact) mass is 305 g/mol. The zero-order valence-electron chi connectivity index (χ0n) is 13.2. The summed E-state index contributed by atoms with van der Waals surface area (Å²) in [5, 5.41) is 0. The van der Waals surface area contributed by atoms with Crippen LogP contribution in [0.5, 0.6) is 0 Å². The van der Waals surface area contributed by atoms with Crippen molar-refractivity contribution in [2.45, 2.75) is 19.8 Å². The first-order valence-electron chi connectivity index (χ1n) is 7.85. The highest BCUT2D eigenvalue weighted by atomic mass is 32.1. The lowest BCUT2D eigenvalue weighted by Crippen LogP contribution is -2.49. The van der Waals surface area contributed by atoms with Crippen molar-refractivity contribution < 1.29 is 0 Å². The van der Waals surface area contributed by atoms with Gasteiger partial charge in [0.05, 0.1) is 4.99 Å². The first kappa shape index (κ1) is 16.4. The Labute approximate surface area is 134 Å². The lowest BCUT2D eigenvalue weighted by Gasteiger charge is -2.37. The number of hydrogen-bond donors (Lipinski definition) is 1. The number of thiocarbonyl (C=S) groups is 1. The smallest absolute Gasteiger partial charge is 0.0816 e. The Balaban J connectivity index is 1.90. The summed E-state index contributed by atoms with van der Waals surface area (Å²) in [5.74, 6) is 0.906. The summed E-state index contributed by atoms with van der Waals surface area (Å²) in [6.45, 7) is 11.2. The summed E-state index contributed by atoms with van der Waals surface area (Å²) in [6, 6.07) is 10.4. The Bertz CT molecular complexity index is 439. The summed E-state index contributed by atoms with van der Waals surface area (Å²) >= 11 is 5.29. The van der Waals surface area contributed by atoms with Crippen LogP contribution in [0.15, 0.2) is 30.3 Å². The van der Waals surface area contributed by atoms with Crippen LogP contribution in [0.2, 0.25) is 0 Å². The van der Waals surface area contributed by atoms with E-state index in [1.54, 1.807) is 0 Å². The van der Waals surface area contributed by atoms with E-state index in [1.807, 2.05) is 6.07 Å². The first-order chi connectivity index (χ1) is 10.1. The van der Waals surface area contributed by atoms with Crippen molar-refractivity contribution in [2.24, 2.45) is 11.7 Å². The van der Waals surface area contributed by atoms with E-state index in [4.69, 9.17) is 18.0 Å². The third kappa shape index (κ3) is 5.06. The van der Waals surface area contributed by atoms with Gasteiger partial charge in [-0.2, -0.15) is 0 Å². The number of hydrogen-bond acceptors (Lipinski definition) is 3. The van der Waals surface area contributed by atoms with Gasteiger partial charge in [0.2, 0.25) is 0 Å². The zero-order chi connectivity index (χ0) is 15.2. The Hall–Kier alpha value is -0.970. The maximum atomic E-state index is 5.97. The van der Waals surface area contributed by atoms with Crippen molar-refractivity contribution in [2.75, 3.05) is 39.3 Å². The van der Waals surface area contributed by atoms with Gasteiger partial charge in [-0.15, -0.1) is 0 Å². The molecule has 1 saturated heterocycles. The molecule has 0 bridgehead atoms. The quantitative estimate of drug-likeness (QED) is 0.818. The molecule has 0 saturated carbocycles. The fourth-order valence-corrected chi connectivity index (χ4v) is 3.18. The van der Waals surface area contributed by atoms with Crippen molar-refractivity contribution in [1.29, 1.82) is 0 Å². The summed E-state index contributed by atoms with van der Waals surface area (Å²) in [6.07, 6.45) is 0. The molecule has 1 unspecified atom stereocenters. The number of piperazine rings is 1. The molecule has 2 N–H and O–H groups in total. The minimum absolute atomic E-state index is 0.165. The van der Waals surface area contributed by atoms with Crippen LogP contribution in [0.3, 0.4) is 0 Å². The van der Waals surface area contributed by atoms with Crippen LogP contribution in [0.1, 0.15) is 25.3 Å². The van der Waals surface area contributed by atoms with E-state index >= 15 is 0 Å². The lowest BCUT2D eigenvalue weighted by molar-refractivity contribution is 0.121. The third-order valence-corrected chi connectivity index (χ3v) is 4.36. The summed E-state index contributed by atoms with van der Waals surface area (Å²) in [4.78, 5) is 5.65. The second-order valence-corrected chi connectivity index (χ2v) is 6.83. The van der Waals surface area contributed by atoms with Crippen LogP contribution < -0.4 is 5.73 Å². The van der Waals surface area contributed by atoms with E-state index < -0.39 is 0 Å². The van der Waals surface area contributed by atoms with Crippen molar-refractivity contribution >= 4 is 17.2 Å². The molecule has 4 heteroatoms. The van der Waals surface area contributed by atoms with E-state index in [1.165, 1.54) is 12.1 Å². The lowest BCUT2D eigenvalue weighted by atomic mass is 9.98. The largest absolute Gasteiger partial charge is 0.393 e. The van der Waals surface area contributed by atoms with Crippen LogP contribution in [-0.2, 0) is 0 Å². The summed E-state index contributed by atoms with van der Waals surface area (Å²) < 4.78 is 0. The topological polar surface area (TPSA) is 32.5 Å². The third-order valence-electron chi connectivity index (χ3n) is 4.07. The van der Waals surface area contributed by atoms with Crippen LogP contribution >= 0.6 is 12.2 Å². The van der Waals surface area contributed by atoms with Gasteiger partial charge in [0, 0.05) is 45.2 Å². The average Bonchev–Trinajstić information content (AvgIpc) is 2.46. The fourth-order valence-electron chi connectivity index (χ4n) is 2.97. The highest BCUT2D eigenvalue weighted by Crippen LogP contribution is 2.18. The van der Waals surface area contributed by atoms with Gasteiger partial charge in [-0.3, -0.25) is 4.90 Å². The van der Waals surface area contributed by atoms with Gasteiger partial charge < -0.3 is 10.6 Å². The maximum absolute atomic E-state index is 5.97. The SMILES string of the molecule is CC(C)CN1CCN(CC(C(N)=S)c2ccccc2)CC1. The second kappa shape index (κ2) is 7.87. The maximum Gasteiger partial charge on any atom is 0.0816 e. The summed E-state index contributed by atoms with van der Waals surface area (Å²) in [7, 11) is 0. The molecule has 1 aromatic carbocycles. The van der Waals surface area contributed by atoms with Crippen LogP contribution in [-0.4, -0.2) is 54.1 Å². The number of rotatable bonds is 6. The van der Waals surface area contributed by atoms with Crippen molar-refractivity contribution in [1.82, 2.24) is 9.80 Å². The van der Waals surface area contributed by atoms with E-state index in [2.05, 4.69) is 47.9 Å². The molecule has 0 radical (unpaired) electrons. The fraction of sp³-hybridized carbons (Fsp3) is 0.588. The molecule has 0 amide bonds. The van der Waals surface area contributed by atoms with E-state index in [9.17, 15) is 0 Å². The van der Waals surface area contributed by atoms with Gasteiger partial charge >= 0.3 is 0 Å². The number of benzene rings is 1. The van der Waals surface area contributed by atoms with Crippen LogP contribution in [0, 0.1) is 5.92 Å². The van der Waals surface area contributed by atoms with E-state index in [-0.39, 0.29) is 5.92 Å².